The molecule has 0 radical (unpaired) electrons. The Labute approximate surface area is 110 Å². The molecule has 1 aliphatic heterocycles. The van der Waals surface area contributed by atoms with E-state index in [-0.39, 0.29) is 0 Å². The lowest BCUT2D eigenvalue weighted by Gasteiger charge is -2.38. The van der Waals surface area contributed by atoms with Crippen molar-refractivity contribution in [3.8, 4) is 0 Å². The van der Waals surface area contributed by atoms with Crippen LogP contribution in [0.2, 0.25) is 0 Å². The minimum atomic E-state index is -0.402. The third kappa shape index (κ3) is 2.85. The maximum absolute atomic E-state index is 9.87. The first-order valence-corrected chi connectivity index (χ1v) is 6.78. The normalized spacial score (nSPS) is 22.3. The third-order valence-corrected chi connectivity index (χ3v) is 3.85. The molecule has 2 unspecified atom stereocenters. The molecule has 1 aliphatic rings. The van der Waals surface area contributed by atoms with Crippen LogP contribution in [0.15, 0.2) is 24.3 Å². The van der Waals surface area contributed by atoms with Gasteiger partial charge in [0.2, 0.25) is 0 Å². The van der Waals surface area contributed by atoms with Crippen LogP contribution < -0.4 is 4.90 Å². The van der Waals surface area contributed by atoms with Gasteiger partial charge in [-0.05, 0) is 39.9 Å². The molecule has 1 fully saturated rings. The number of aliphatic hydroxyl groups excluding tert-OH is 1. The minimum Gasteiger partial charge on any atom is -0.389 e. The maximum atomic E-state index is 9.87. The van der Waals surface area contributed by atoms with Gasteiger partial charge in [-0.1, -0.05) is 18.2 Å². The van der Waals surface area contributed by atoms with Gasteiger partial charge in [0.15, 0.2) is 0 Å². The molecule has 2 rings (SSSR count). The fourth-order valence-corrected chi connectivity index (χ4v) is 2.72. The van der Waals surface area contributed by atoms with E-state index in [0.717, 1.165) is 18.7 Å². The lowest BCUT2D eigenvalue weighted by Crippen LogP contribution is -2.45. The molecule has 0 aromatic heterocycles. The molecule has 1 aromatic carbocycles. The van der Waals surface area contributed by atoms with Crippen LogP contribution in [0.25, 0.3) is 0 Å². The summed E-state index contributed by atoms with van der Waals surface area (Å²) in [6.45, 7) is 3.98. The molecule has 0 spiro atoms. The highest BCUT2D eigenvalue weighted by Gasteiger charge is 2.23. The van der Waals surface area contributed by atoms with Crippen LogP contribution in [0.3, 0.4) is 0 Å². The van der Waals surface area contributed by atoms with Gasteiger partial charge in [-0.25, -0.2) is 0 Å². The SMILES string of the molecule is CC(O)c1ccccc1N1CCCC(N(C)C)C1. The molecule has 100 valence electrons. The summed E-state index contributed by atoms with van der Waals surface area (Å²) in [6, 6.07) is 8.82. The summed E-state index contributed by atoms with van der Waals surface area (Å²) in [5, 5.41) is 9.87. The standard InChI is InChI=1S/C15H24N2O/c1-12(18)14-8-4-5-9-15(14)17-10-6-7-13(11-17)16(2)3/h4-5,8-9,12-13,18H,6-7,10-11H2,1-3H3. The average molecular weight is 248 g/mol. The monoisotopic (exact) mass is 248 g/mol. The van der Waals surface area contributed by atoms with Crippen LogP contribution in [0.5, 0.6) is 0 Å². The van der Waals surface area contributed by atoms with Gasteiger partial charge in [0, 0.05) is 30.4 Å². The van der Waals surface area contributed by atoms with Gasteiger partial charge >= 0.3 is 0 Å². The van der Waals surface area contributed by atoms with Gasteiger partial charge < -0.3 is 14.9 Å². The van der Waals surface area contributed by atoms with E-state index in [1.165, 1.54) is 18.5 Å². The summed E-state index contributed by atoms with van der Waals surface area (Å²) in [6.07, 6.45) is 2.08. The Kier molecular flexibility index (Phi) is 4.25. The summed E-state index contributed by atoms with van der Waals surface area (Å²) in [7, 11) is 4.30. The number of benzene rings is 1. The Morgan fingerprint density at radius 1 is 1.33 bits per heavy atom. The highest BCUT2D eigenvalue weighted by atomic mass is 16.3. The molecule has 1 heterocycles. The molecule has 1 aromatic rings. The number of aliphatic hydroxyl groups is 1. The van der Waals surface area contributed by atoms with E-state index in [0.29, 0.717) is 6.04 Å². The number of piperidine rings is 1. The average Bonchev–Trinajstić information content (AvgIpc) is 2.39. The lowest BCUT2D eigenvalue weighted by molar-refractivity contribution is 0.199. The van der Waals surface area contributed by atoms with Crippen LogP contribution in [-0.2, 0) is 0 Å². The number of nitrogens with zero attached hydrogens (tertiary/aromatic N) is 2. The highest BCUT2D eigenvalue weighted by molar-refractivity contribution is 5.55. The van der Waals surface area contributed by atoms with Crippen molar-refractivity contribution in [2.75, 3.05) is 32.1 Å². The van der Waals surface area contributed by atoms with Gasteiger partial charge in [0.05, 0.1) is 6.10 Å². The summed E-state index contributed by atoms with van der Waals surface area (Å²) < 4.78 is 0. The van der Waals surface area contributed by atoms with Crippen LogP contribution >= 0.6 is 0 Å². The van der Waals surface area contributed by atoms with Crippen molar-refractivity contribution >= 4 is 5.69 Å². The van der Waals surface area contributed by atoms with Crippen LogP contribution in [0, 0.1) is 0 Å². The van der Waals surface area contributed by atoms with E-state index in [2.05, 4.69) is 36.0 Å². The molecule has 0 amide bonds. The van der Waals surface area contributed by atoms with Crippen LogP contribution in [-0.4, -0.2) is 43.2 Å². The number of hydrogen-bond donors (Lipinski definition) is 1. The number of likely N-dealkylation sites (N-methyl/N-ethyl adjacent to an activating group) is 1. The lowest BCUT2D eigenvalue weighted by atomic mass is 10.0. The molecule has 1 N–H and O–H groups in total. The predicted octanol–water partition coefficient (Wildman–Crippen LogP) is 2.27. The van der Waals surface area contributed by atoms with Crippen molar-refractivity contribution in [2.24, 2.45) is 0 Å². The molecule has 18 heavy (non-hydrogen) atoms. The first-order chi connectivity index (χ1) is 8.59. The molecule has 3 nitrogen and oxygen atoms in total. The molecule has 0 bridgehead atoms. The zero-order valence-electron chi connectivity index (χ0n) is 11.6. The van der Waals surface area contributed by atoms with Gasteiger partial charge in [0.25, 0.3) is 0 Å². The van der Waals surface area contributed by atoms with Crippen molar-refractivity contribution < 1.29 is 5.11 Å². The molecular formula is C15H24N2O. The van der Waals surface area contributed by atoms with E-state index in [1.807, 2.05) is 19.1 Å². The fraction of sp³-hybridized carbons (Fsp3) is 0.600. The Hall–Kier alpha value is -1.06. The molecular weight excluding hydrogens is 224 g/mol. The molecule has 0 aliphatic carbocycles. The van der Waals surface area contributed by atoms with E-state index in [4.69, 9.17) is 0 Å². The number of hydrogen-bond acceptors (Lipinski definition) is 3. The first-order valence-electron chi connectivity index (χ1n) is 6.78. The zero-order valence-corrected chi connectivity index (χ0v) is 11.6. The second-order valence-corrected chi connectivity index (χ2v) is 5.44. The first kappa shape index (κ1) is 13.4. The van der Waals surface area contributed by atoms with Crippen molar-refractivity contribution in [2.45, 2.75) is 31.9 Å². The summed E-state index contributed by atoms with van der Waals surface area (Å²) in [5.74, 6) is 0. The van der Waals surface area contributed by atoms with E-state index in [1.54, 1.807) is 0 Å². The third-order valence-electron chi connectivity index (χ3n) is 3.85. The molecule has 1 saturated heterocycles. The van der Waals surface area contributed by atoms with Crippen LogP contribution in [0.4, 0.5) is 5.69 Å². The maximum Gasteiger partial charge on any atom is 0.0781 e. The summed E-state index contributed by atoms with van der Waals surface area (Å²) >= 11 is 0. The molecule has 2 atom stereocenters. The van der Waals surface area contributed by atoms with E-state index < -0.39 is 6.10 Å². The number of anilines is 1. The number of rotatable bonds is 3. The Morgan fingerprint density at radius 3 is 2.72 bits per heavy atom. The highest BCUT2D eigenvalue weighted by Crippen LogP contribution is 2.29. The van der Waals surface area contributed by atoms with E-state index in [9.17, 15) is 5.11 Å². The van der Waals surface area contributed by atoms with Crippen molar-refractivity contribution in [1.82, 2.24) is 4.90 Å². The van der Waals surface area contributed by atoms with Crippen molar-refractivity contribution in [1.29, 1.82) is 0 Å². The summed E-state index contributed by atoms with van der Waals surface area (Å²) in [4.78, 5) is 4.72. The smallest absolute Gasteiger partial charge is 0.0781 e. The van der Waals surface area contributed by atoms with Gasteiger partial charge in [-0.15, -0.1) is 0 Å². The zero-order chi connectivity index (χ0) is 13.1. The fourth-order valence-electron chi connectivity index (χ4n) is 2.72. The predicted molar refractivity (Wildman–Crippen MR) is 76.0 cm³/mol. The molecule has 0 saturated carbocycles. The Morgan fingerprint density at radius 2 is 2.06 bits per heavy atom. The Bertz CT molecular complexity index is 390. The Balaban J connectivity index is 2.20. The quantitative estimate of drug-likeness (QED) is 0.889. The van der Waals surface area contributed by atoms with Gasteiger partial charge in [0.1, 0.15) is 0 Å². The topological polar surface area (TPSA) is 26.7 Å². The second kappa shape index (κ2) is 5.72. The summed E-state index contributed by atoms with van der Waals surface area (Å²) in [5.41, 5.74) is 2.23. The van der Waals surface area contributed by atoms with Crippen LogP contribution in [0.1, 0.15) is 31.4 Å². The van der Waals surface area contributed by atoms with Crippen molar-refractivity contribution in [3.63, 3.8) is 0 Å². The largest absolute Gasteiger partial charge is 0.389 e. The van der Waals surface area contributed by atoms with Crippen molar-refractivity contribution in [3.05, 3.63) is 29.8 Å². The number of para-hydroxylation sites is 1. The van der Waals surface area contributed by atoms with Gasteiger partial charge in [-0.3, -0.25) is 0 Å². The molecule has 3 heteroatoms. The second-order valence-electron chi connectivity index (χ2n) is 5.44. The van der Waals surface area contributed by atoms with E-state index >= 15 is 0 Å². The van der Waals surface area contributed by atoms with Gasteiger partial charge in [-0.2, -0.15) is 0 Å². The minimum absolute atomic E-state index is 0.402.